The van der Waals surface area contributed by atoms with Crippen LogP contribution in [0.15, 0.2) is 18.2 Å². The molecule has 0 amide bonds. The van der Waals surface area contributed by atoms with E-state index in [1.807, 2.05) is 18.2 Å². The topological polar surface area (TPSA) is 15.3 Å². The predicted octanol–water partition coefficient (Wildman–Crippen LogP) is 4.60. The van der Waals surface area contributed by atoms with E-state index in [1.54, 1.807) is 0 Å². The quantitative estimate of drug-likeness (QED) is 0.874. The van der Waals surface area contributed by atoms with Gasteiger partial charge in [-0.3, -0.25) is 0 Å². The molecule has 0 radical (unpaired) electrons. The van der Waals surface area contributed by atoms with E-state index in [2.05, 4.69) is 31.0 Å². The highest BCUT2D eigenvalue weighted by Crippen LogP contribution is 2.36. The van der Waals surface area contributed by atoms with Crippen molar-refractivity contribution in [3.63, 3.8) is 0 Å². The van der Waals surface area contributed by atoms with E-state index >= 15 is 0 Å². The molecular formula is C16H24Cl2N2. The number of benzene rings is 1. The molecule has 1 saturated heterocycles. The van der Waals surface area contributed by atoms with Crippen molar-refractivity contribution in [2.45, 2.75) is 45.7 Å². The lowest BCUT2D eigenvalue weighted by molar-refractivity contribution is 0.343. The van der Waals surface area contributed by atoms with Gasteiger partial charge in [0.25, 0.3) is 0 Å². The number of nitrogens with zero attached hydrogens (tertiary/aromatic N) is 1. The van der Waals surface area contributed by atoms with Gasteiger partial charge in [-0.05, 0) is 30.9 Å². The monoisotopic (exact) mass is 314 g/mol. The third kappa shape index (κ3) is 3.60. The van der Waals surface area contributed by atoms with E-state index < -0.39 is 0 Å². The summed E-state index contributed by atoms with van der Waals surface area (Å²) in [7, 11) is 0. The summed E-state index contributed by atoms with van der Waals surface area (Å²) >= 11 is 12.8. The van der Waals surface area contributed by atoms with E-state index in [0.29, 0.717) is 18.0 Å². The number of hydrogen-bond donors (Lipinski definition) is 1. The second-order valence-electron chi connectivity index (χ2n) is 6.02. The van der Waals surface area contributed by atoms with E-state index in [1.165, 1.54) is 6.42 Å². The zero-order valence-corrected chi connectivity index (χ0v) is 14.0. The van der Waals surface area contributed by atoms with Crippen molar-refractivity contribution in [2.75, 3.05) is 18.0 Å². The molecule has 20 heavy (non-hydrogen) atoms. The molecule has 1 heterocycles. The standard InChI is InChI=1S/C16H24Cl2N2/c1-4-13-9-19-12(8-11(2)3)10-20(13)16-14(17)6-5-7-15(16)18/h5-7,11-13,19H,4,8-10H2,1-3H3. The fourth-order valence-electron chi connectivity index (χ4n) is 2.99. The van der Waals surface area contributed by atoms with Gasteiger partial charge >= 0.3 is 0 Å². The predicted molar refractivity (Wildman–Crippen MR) is 89.1 cm³/mol. The Labute approximate surface area is 132 Å². The Hall–Kier alpha value is -0.440. The molecule has 2 atom stereocenters. The third-order valence-electron chi connectivity index (χ3n) is 3.95. The van der Waals surface area contributed by atoms with Crippen molar-refractivity contribution in [3.8, 4) is 0 Å². The zero-order valence-electron chi connectivity index (χ0n) is 12.5. The van der Waals surface area contributed by atoms with Crippen molar-refractivity contribution in [1.29, 1.82) is 0 Å². The van der Waals surface area contributed by atoms with Gasteiger partial charge in [0.15, 0.2) is 0 Å². The summed E-state index contributed by atoms with van der Waals surface area (Å²) in [6.45, 7) is 8.71. The maximum Gasteiger partial charge on any atom is 0.0748 e. The Morgan fingerprint density at radius 1 is 1.30 bits per heavy atom. The Balaban J connectivity index is 2.25. The van der Waals surface area contributed by atoms with Crippen molar-refractivity contribution in [3.05, 3.63) is 28.2 Å². The minimum atomic E-state index is 0.454. The van der Waals surface area contributed by atoms with Crippen LogP contribution in [0.4, 0.5) is 5.69 Å². The van der Waals surface area contributed by atoms with Crippen molar-refractivity contribution >= 4 is 28.9 Å². The average molecular weight is 315 g/mol. The van der Waals surface area contributed by atoms with Crippen LogP contribution < -0.4 is 10.2 Å². The summed E-state index contributed by atoms with van der Waals surface area (Å²) < 4.78 is 0. The molecule has 0 bridgehead atoms. The summed E-state index contributed by atoms with van der Waals surface area (Å²) in [4.78, 5) is 2.40. The van der Waals surface area contributed by atoms with Crippen molar-refractivity contribution < 1.29 is 0 Å². The van der Waals surface area contributed by atoms with Gasteiger partial charge in [-0.15, -0.1) is 0 Å². The van der Waals surface area contributed by atoms with E-state index in [4.69, 9.17) is 23.2 Å². The number of anilines is 1. The molecule has 0 saturated carbocycles. The molecule has 1 N–H and O–H groups in total. The SMILES string of the molecule is CCC1CNC(CC(C)C)CN1c1c(Cl)cccc1Cl. The van der Waals surface area contributed by atoms with Crippen LogP contribution in [0, 0.1) is 5.92 Å². The van der Waals surface area contributed by atoms with Gasteiger partial charge in [0.1, 0.15) is 0 Å². The first-order valence-electron chi connectivity index (χ1n) is 7.47. The molecule has 0 aromatic heterocycles. The van der Waals surface area contributed by atoms with Crippen LogP contribution in [0.3, 0.4) is 0 Å². The third-order valence-corrected chi connectivity index (χ3v) is 4.56. The molecule has 2 rings (SSSR count). The van der Waals surface area contributed by atoms with Gasteiger partial charge < -0.3 is 10.2 Å². The molecule has 2 unspecified atom stereocenters. The molecule has 1 fully saturated rings. The second kappa shape index (κ2) is 7.02. The number of rotatable bonds is 4. The lowest BCUT2D eigenvalue weighted by atomic mass is 9.98. The van der Waals surface area contributed by atoms with Crippen LogP contribution in [-0.4, -0.2) is 25.2 Å². The van der Waals surface area contributed by atoms with Crippen LogP contribution in [0.1, 0.15) is 33.6 Å². The summed E-state index contributed by atoms with van der Waals surface area (Å²) in [5, 5.41) is 5.16. The Morgan fingerprint density at radius 2 is 1.95 bits per heavy atom. The smallest absolute Gasteiger partial charge is 0.0748 e. The Bertz CT molecular complexity index is 428. The normalized spacial score (nSPS) is 23.4. The van der Waals surface area contributed by atoms with Crippen LogP contribution in [0.25, 0.3) is 0 Å². The molecular weight excluding hydrogens is 291 g/mol. The summed E-state index contributed by atoms with van der Waals surface area (Å²) in [6, 6.07) is 6.72. The first-order chi connectivity index (χ1) is 9.52. The Morgan fingerprint density at radius 3 is 2.50 bits per heavy atom. The number of halogens is 2. The average Bonchev–Trinajstić information content (AvgIpc) is 2.38. The summed E-state index contributed by atoms with van der Waals surface area (Å²) in [5.74, 6) is 0.689. The summed E-state index contributed by atoms with van der Waals surface area (Å²) in [6.07, 6.45) is 2.26. The van der Waals surface area contributed by atoms with Crippen LogP contribution in [0.2, 0.25) is 10.0 Å². The van der Waals surface area contributed by atoms with Gasteiger partial charge in [0.05, 0.1) is 15.7 Å². The molecule has 112 valence electrons. The molecule has 1 aliphatic rings. The van der Waals surface area contributed by atoms with E-state index in [-0.39, 0.29) is 0 Å². The number of para-hydroxylation sites is 1. The maximum atomic E-state index is 6.39. The molecule has 1 aliphatic heterocycles. The lowest BCUT2D eigenvalue weighted by Gasteiger charge is -2.43. The minimum absolute atomic E-state index is 0.454. The van der Waals surface area contributed by atoms with Crippen LogP contribution in [0.5, 0.6) is 0 Å². The van der Waals surface area contributed by atoms with E-state index in [9.17, 15) is 0 Å². The fraction of sp³-hybridized carbons (Fsp3) is 0.625. The second-order valence-corrected chi connectivity index (χ2v) is 6.83. The first-order valence-corrected chi connectivity index (χ1v) is 8.22. The van der Waals surface area contributed by atoms with Crippen LogP contribution in [-0.2, 0) is 0 Å². The minimum Gasteiger partial charge on any atom is -0.363 e. The van der Waals surface area contributed by atoms with Gasteiger partial charge in [-0.25, -0.2) is 0 Å². The van der Waals surface area contributed by atoms with Gasteiger partial charge in [-0.1, -0.05) is 50.0 Å². The first kappa shape index (κ1) is 15.9. The summed E-state index contributed by atoms with van der Waals surface area (Å²) in [5.41, 5.74) is 0.998. The number of hydrogen-bond acceptors (Lipinski definition) is 2. The fourth-order valence-corrected chi connectivity index (χ4v) is 3.61. The molecule has 4 heteroatoms. The Kier molecular flexibility index (Phi) is 5.59. The highest BCUT2D eigenvalue weighted by atomic mass is 35.5. The van der Waals surface area contributed by atoms with Crippen LogP contribution >= 0.6 is 23.2 Å². The highest BCUT2D eigenvalue weighted by molar-refractivity contribution is 6.39. The van der Waals surface area contributed by atoms with E-state index in [0.717, 1.165) is 35.2 Å². The molecule has 1 aromatic rings. The lowest BCUT2D eigenvalue weighted by Crippen LogP contribution is -2.57. The van der Waals surface area contributed by atoms with Crippen molar-refractivity contribution in [2.24, 2.45) is 5.92 Å². The molecule has 2 nitrogen and oxygen atoms in total. The zero-order chi connectivity index (χ0) is 14.7. The van der Waals surface area contributed by atoms with Gasteiger partial charge in [0.2, 0.25) is 0 Å². The van der Waals surface area contributed by atoms with Gasteiger partial charge in [-0.2, -0.15) is 0 Å². The molecule has 0 spiro atoms. The van der Waals surface area contributed by atoms with Crippen molar-refractivity contribution in [1.82, 2.24) is 5.32 Å². The van der Waals surface area contributed by atoms with Gasteiger partial charge in [0, 0.05) is 25.2 Å². The largest absolute Gasteiger partial charge is 0.363 e. The highest BCUT2D eigenvalue weighted by Gasteiger charge is 2.29. The molecule has 0 aliphatic carbocycles. The maximum absolute atomic E-state index is 6.39. The number of nitrogens with one attached hydrogen (secondary N) is 1. The molecule has 1 aromatic carbocycles. The number of piperazine rings is 1.